The van der Waals surface area contributed by atoms with E-state index in [0.29, 0.717) is 35.4 Å². The number of benzene rings is 1. The molecule has 10 heteroatoms. The van der Waals surface area contributed by atoms with Gasteiger partial charge >= 0.3 is 0 Å². The highest BCUT2D eigenvalue weighted by atomic mass is 35.5. The first-order valence-electron chi connectivity index (χ1n) is 9.83. The maximum absolute atomic E-state index is 12.8. The van der Waals surface area contributed by atoms with Crippen molar-refractivity contribution in [2.24, 2.45) is 0 Å². The van der Waals surface area contributed by atoms with Crippen LogP contribution in [0.4, 0.5) is 5.69 Å². The fourth-order valence-corrected chi connectivity index (χ4v) is 3.87. The number of aromatic nitrogens is 4. The van der Waals surface area contributed by atoms with Crippen LogP contribution in [0.15, 0.2) is 39.8 Å². The first kappa shape index (κ1) is 20.8. The Morgan fingerprint density at radius 3 is 2.47 bits per heavy atom. The van der Waals surface area contributed by atoms with Crippen LogP contribution in [0, 0.1) is 0 Å². The van der Waals surface area contributed by atoms with E-state index in [1.54, 1.807) is 30.5 Å². The number of hydrogen-bond donors (Lipinski definition) is 0. The predicted molar refractivity (Wildman–Crippen MR) is 116 cm³/mol. The summed E-state index contributed by atoms with van der Waals surface area (Å²) in [5, 5.41) is 9.04. The third-order valence-electron chi connectivity index (χ3n) is 5.33. The van der Waals surface area contributed by atoms with Crippen molar-refractivity contribution >= 4 is 28.9 Å². The average Bonchev–Trinajstić information content (AvgIpc) is 3.25. The van der Waals surface area contributed by atoms with Crippen molar-refractivity contribution in [3.05, 3.63) is 62.6 Å². The van der Waals surface area contributed by atoms with E-state index in [-0.39, 0.29) is 16.6 Å². The molecule has 3 aromatic rings. The van der Waals surface area contributed by atoms with Crippen molar-refractivity contribution in [1.82, 2.24) is 24.8 Å². The first-order valence-corrected chi connectivity index (χ1v) is 10.6. The Balaban J connectivity index is 1.47. The molecule has 0 radical (unpaired) electrons. The fourth-order valence-electron chi connectivity index (χ4n) is 3.50. The summed E-state index contributed by atoms with van der Waals surface area (Å²) in [7, 11) is 0. The summed E-state index contributed by atoms with van der Waals surface area (Å²) in [5.41, 5.74) is 0.901. The van der Waals surface area contributed by atoms with Crippen LogP contribution in [0.5, 0.6) is 0 Å². The van der Waals surface area contributed by atoms with Crippen molar-refractivity contribution in [2.75, 3.05) is 31.1 Å². The van der Waals surface area contributed by atoms with Crippen LogP contribution in [0.25, 0.3) is 5.69 Å². The maximum atomic E-state index is 12.8. The van der Waals surface area contributed by atoms with Gasteiger partial charge in [-0.2, -0.15) is 14.8 Å². The molecule has 0 amide bonds. The summed E-state index contributed by atoms with van der Waals surface area (Å²) >= 11 is 12.4. The van der Waals surface area contributed by atoms with Crippen molar-refractivity contribution in [3.63, 3.8) is 0 Å². The summed E-state index contributed by atoms with van der Waals surface area (Å²) in [6.07, 6.45) is 2.39. The molecule has 0 N–H and O–H groups in total. The van der Waals surface area contributed by atoms with Gasteiger partial charge in [0.05, 0.1) is 23.6 Å². The highest BCUT2D eigenvalue weighted by Crippen LogP contribution is 2.26. The van der Waals surface area contributed by atoms with Gasteiger partial charge in [-0.25, -0.2) is 0 Å². The summed E-state index contributed by atoms with van der Waals surface area (Å²) in [4.78, 5) is 21.6. The van der Waals surface area contributed by atoms with E-state index in [4.69, 9.17) is 27.7 Å². The minimum atomic E-state index is -0.356. The standard InChI is InChI=1S/C20H22Cl2N6O2/c1-3-17-24-19(30-25-17)13(2)26-8-10-27(11-9-26)16-12-23-28(20(29)18(16)22)15-6-4-14(21)5-7-15/h4-7,12-13H,3,8-11H2,1-2H3. The third-order valence-corrected chi connectivity index (χ3v) is 5.94. The summed E-state index contributed by atoms with van der Waals surface area (Å²) in [6, 6.07) is 6.91. The molecule has 1 aromatic carbocycles. The number of piperazine rings is 1. The molecule has 1 unspecified atom stereocenters. The van der Waals surface area contributed by atoms with E-state index in [1.165, 1.54) is 4.68 Å². The van der Waals surface area contributed by atoms with Gasteiger partial charge in [-0.15, -0.1) is 0 Å². The smallest absolute Gasteiger partial charge is 0.292 e. The van der Waals surface area contributed by atoms with Crippen LogP contribution in [0.1, 0.15) is 31.6 Å². The molecule has 3 heterocycles. The zero-order valence-corrected chi connectivity index (χ0v) is 18.3. The van der Waals surface area contributed by atoms with Crippen molar-refractivity contribution < 1.29 is 4.52 Å². The van der Waals surface area contributed by atoms with Gasteiger partial charge in [0.15, 0.2) is 5.82 Å². The van der Waals surface area contributed by atoms with Gasteiger partial charge in [-0.3, -0.25) is 9.69 Å². The molecule has 1 fully saturated rings. The second-order valence-electron chi connectivity index (χ2n) is 7.14. The Labute approximate surface area is 184 Å². The predicted octanol–water partition coefficient (Wildman–Crippen LogP) is 3.37. The minimum absolute atomic E-state index is 0.0338. The highest BCUT2D eigenvalue weighted by molar-refractivity contribution is 6.33. The Kier molecular flexibility index (Phi) is 6.08. The van der Waals surface area contributed by atoms with E-state index in [0.717, 1.165) is 25.3 Å². The molecule has 1 aliphatic heterocycles. The third kappa shape index (κ3) is 4.08. The van der Waals surface area contributed by atoms with Gasteiger partial charge in [0.2, 0.25) is 5.89 Å². The van der Waals surface area contributed by atoms with Gasteiger partial charge in [-0.05, 0) is 31.2 Å². The second-order valence-corrected chi connectivity index (χ2v) is 7.95. The number of nitrogens with zero attached hydrogens (tertiary/aromatic N) is 6. The molecule has 0 saturated carbocycles. The lowest BCUT2D eigenvalue weighted by Gasteiger charge is -2.38. The van der Waals surface area contributed by atoms with Crippen molar-refractivity contribution in [1.29, 1.82) is 0 Å². The topological polar surface area (TPSA) is 80.3 Å². The van der Waals surface area contributed by atoms with E-state index in [1.807, 2.05) is 6.92 Å². The Bertz CT molecular complexity index is 1070. The first-order chi connectivity index (χ1) is 14.5. The molecule has 8 nitrogen and oxygen atoms in total. The Morgan fingerprint density at radius 1 is 1.13 bits per heavy atom. The van der Waals surface area contributed by atoms with Crippen molar-refractivity contribution in [3.8, 4) is 5.69 Å². The maximum Gasteiger partial charge on any atom is 0.292 e. The van der Waals surface area contributed by atoms with Gasteiger partial charge in [0, 0.05) is 37.6 Å². The normalized spacial score (nSPS) is 16.1. The molecule has 0 aliphatic carbocycles. The van der Waals surface area contributed by atoms with Gasteiger partial charge in [-0.1, -0.05) is 35.3 Å². The fraction of sp³-hybridized carbons (Fsp3) is 0.400. The Hall–Kier alpha value is -2.42. The molecule has 2 aromatic heterocycles. The largest absolute Gasteiger partial charge is 0.366 e. The molecular weight excluding hydrogens is 427 g/mol. The quantitative estimate of drug-likeness (QED) is 0.591. The van der Waals surface area contributed by atoms with Crippen molar-refractivity contribution in [2.45, 2.75) is 26.3 Å². The van der Waals surface area contributed by atoms with E-state index in [9.17, 15) is 4.79 Å². The van der Waals surface area contributed by atoms with Gasteiger partial charge in [0.1, 0.15) is 5.02 Å². The zero-order valence-electron chi connectivity index (χ0n) is 16.8. The molecule has 1 aliphatic rings. The average molecular weight is 449 g/mol. The van der Waals surface area contributed by atoms with Crippen LogP contribution >= 0.6 is 23.2 Å². The number of anilines is 1. The van der Waals surface area contributed by atoms with Crippen LogP contribution in [0.2, 0.25) is 10.0 Å². The molecule has 1 saturated heterocycles. The molecule has 30 heavy (non-hydrogen) atoms. The van der Waals surface area contributed by atoms with Crippen LogP contribution in [-0.2, 0) is 6.42 Å². The second kappa shape index (κ2) is 8.75. The minimum Gasteiger partial charge on any atom is -0.366 e. The lowest BCUT2D eigenvalue weighted by Crippen LogP contribution is -2.47. The van der Waals surface area contributed by atoms with E-state index < -0.39 is 0 Å². The monoisotopic (exact) mass is 448 g/mol. The SMILES string of the molecule is CCc1noc(C(C)N2CCN(c3cnn(-c4ccc(Cl)cc4)c(=O)c3Cl)CC2)n1. The lowest BCUT2D eigenvalue weighted by molar-refractivity contribution is 0.164. The molecule has 0 spiro atoms. The molecular formula is C20H22Cl2N6O2. The number of hydrogen-bond acceptors (Lipinski definition) is 7. The molecule has 0 bridgehead atoms. The molecule has 1 atom stereocenters. The Morgan fingerprint density at radius 2 is 1.83 bits per heavy atom. The van der Waals surface area contributed by atoms with Crippen LogP contribution in [-0.4, -0.2) is 51.0 Å². The summed E-state index contributed by atoms with van der Waals surface area (Å²) in [5.74, 6) is 1.35. The summed E-state index contributed by atoms with van der Waals surface area (Å²) < 4.78 is 6.66. The molecule has 4 rings (SSSR count). The zero-order chi connectivity index (χ0) is 21.3. The number of halogens is 2. The summed E-state index contributed by atoms with van der Waals surface area (Å²) in [6.45, 7) is 7.04. The number of rotatable bonds is 5. The lowest BCUT2D eigenvalue weighted by atomic mass is 10.2. The molecule has 158 valence electrons. The van der Waals surface area contributed by atoms with Crippen LogP contribution < -0.4 is 10.5 Å². The highest BCUT2D eigenvalue weighted by Gasteiger charge is 2.27. The van der Waals surface area contributed by atoms with E-state index >= 15 is 0 Å². The van der Waals surface area contributed by atoms with Crippen LogP contribution in [0.3, 0.4) is 0 Å². The van der Waals surface area contributed by atoms with Gasteiger partial charge < -0.3 is 9.42 Å². The van der Waals surface area contributed by atoms with E-state index in [2.05, 4.69) is 32.0 Å². The number of aryl methyl sites for hydroxylation is 1. The van der Waals surface area contributed by atoms with Gasteiger partial charge in [0.25, 0.3) is 5.56 Å².